The number of hydrogen-bond acceptors (Lipinski definition) is 1. The van der Waals surface area contributed by atoms with Crippen LogP contribution in [-0.2, 0) is 6.42 Å². The zero-order valence-electron chi connectivity index (χ0n) is 11.5. The minimum absolute atomic E-state index is 0. The fraction of sp³-hybridized carbons (Fsp3) is 0.600. The monoisotopic (exact) mass is 225 g/mol. The summed E-state index contributed by atoms with van der Waals surface area (Å²) in [5, 5.41) is 0. The number of aryl methyl sites for hydroxylation is 1. The van der Waals surface area contributed by atoms with Crippen molar-refractivity contribution in [3.8, 4) is 0 Å². The second-order valence-corrected chi connectivity index (χ2v) is 3.33. The first kappa shape index (κ1) is 17.6. The van der Waals surface area contributed by atoms with Gasteiger partial charge in [-0.05, 0) is 24.9 Å². The second-order valence-electron chi connectivity index (χ2n) is 3.33. The van der Waals surface area contributed by atoms with Crippen LogP contribution in [0.25, 0.3) is 0 Å². The number of nitrogens with two attached hydrogens (primary N) is 1. The predicted octanol–water partition coefficient (Wildman–Crippen LogP) is 4.66. The first-order valence-corrected chi connectivity index (χ1v) is 6.59. The lowest BCUT2D eigenvalue weighted by Gasteiger charge is -1.89. The van der Waals surface area contributed by atoms with Gasteiger partial charge < -0.3 is 5.73 Å². The third-order valence-corrected chi connectivity index (χ3v) is 2.06. The molecule has 0 unspecified atom stereocenters. The maximum atomic E-state index is 5.21. The number of benzene rings is 1. The summed E-state index contributed by atoms with van der Waals surface area (Å²) in [6.07, 6.45) is 4.89. The van der Waals surface area contributed by atoms with E-state index in [1.165, 1.54) is 24.8 Å². The largest absolute Gasteiger partial charge is 0.330 e. The zero-order valence-corrected chi connectivity index (χ0v) is 11.5. The van der Waals surface area contributed by atoms with Crippen molar-refractivity contribution in [3.05, 3.63) is 35.9 Å². The summed E-state index contributed by atoms with van der Waals surface area (Å²) < 4.78 is 0. The highest BCUT2D eigenvalue weighted by Crippen LogP contribution is 1.96. The molecule has 0 atom stereocenters. The summed E-state index contributed by atoms with van der Waals surface area (Å²) in [6.45, 7) is 9.19. The molecule has 0 spiro atoms. The summed E-state index contributed by atoms with van der Waals surface area (Å²) in [5.74, 6) is 0. The van der Waals surface area contributed by atoms with Gasteiger partial charge in [0.1, 0.15) is 0 Å². The van der Waals surface area contributed by atoms with Crippen molar-refractivity contribution in [2.45, 2.75) is 53.4 Å². The highest BCUT2D eigenvalue weighted by molar-refractivity contribution is 5.13. The van der Waals surface area contributed by atoms with Gasteiger partial charge in [-0.2, -0.15) is 0 Å². The van der Waals surface area contributed by atoms with Gasteiger partial charge in [-0.3, -0.25) is 0 Å². The van der Waals surface area contributed by atoms with Crippen LogP contribution < -0.4 is 5.73 Å². The van der Waals surface area contributed by atoms with E-state index >= 15 is 0 Å². The molecule has 0 bridgehead atoms. The molecule has 0 heterocycles. The molecule has 0 aliphatic rings. The lowest BCUT2D eigenvalue weighted by atomic mass is 10.2. The van der Waals surface area contributed by atoms with E-state index in [2.05, 4.69) is 38.1 Å². The number of rotatable bonds is 4. The van der Waals surface area contributed by atoms with Crippen LogP contribution in [0.2, 0.25) is 0 Å². The van der Waals surface area contributed by atoms with Crippen LogP contribution in [0.1, 0.15) is 53.9 Å². The fourth-order valence-electron chi connectivity index (χ4n) is 1.11. The van der Waals surface area contributed by atoms with Crippen LogP contribution in [-0.4, -0.2) is 6.54 Å². The molecule has 1 aromatic carbocycles. The van der Waals surface area contributed by atoms with Gasteiger partial charge in [0.25, 0.3) is 0 Å². The Balaban J connectivity index is -0.000000197. The van der Waals surface area contributed by atoms with Crippen LogP contribution in [0.4, 0.5) is 0 Å². The highest BCUT2D eigenvalue weighted by atomic mass is 14.5. The second kappa shape index (κ2) is 16.6. The van der Waals surface area contributed by atoms with Crippen molar-refractivity contribution in [2.75, 3.05) is 6.54 Å². The standard InChI is InChI=1S/C8H10.C5H13N.C2H6.H2/c1-2-8-6-4-3-5-7-8;1-2-3-4-5-6;1-2;/h3-7H,2H2,1H3;2-6H2,1H3;1-2H3;1H. The minimum Gasteiger partial charge on any atom is -0.330 e. The van der Waals surface area contributed by atoms with Crippen molar-refractivity contribution in [1.82, 2.24) is 0 Å². The van der Waals surface area contributed by atoms with E-state index in [0.29, 0.717) is 0 Å². The van der Waals surface area contributed by atoms with E-state index in [4.69, 9.17) is 5.73 Å². The van der Waals surface area contributed by atoms with Crippen LogP contribution in [0.5, 0.6) is 0 Å². The van der Waals surface area contributed by atoms with Gasteiger partial charge in [-0.25, -0.2) is 0 Å². The van der Waals surface area contributed by atoms with Crippen molar-refractivity contribution in [3.63, 3.8) is 0 Å². The van der Waals surface area contributed by atoms with Crippen LogP contribution >= 0.6 is 0 Å². The maximum Gasteiger partial charge on any atom is 0 e. The Bertz CT molecular complexity index is 195. The van der Waals surface area contributed by atoms with Crippen molar-refractivity contribution in [1.29, 1.82) is 0 Å². The van der Waals surface area contributed by atoms with E-state index < -0.39 is 0 Å². The van der Waals surface area contributed by atoms with E-state index in [1.54, 1.807) is 0 Å². The summed E-state index contributed by atoms with van der Waals surface area (Å²) >= 11 is 0. The molecule has 0 aliphatic heterocycles. The van der Waals surface area contributed by atoms with Gasteiger partial charge >= 0.3 is 0 Å². The Morgan fingerprint density at radius 2 is 1.56 bits per heavy atom. The lowest BCUT2D eigenvalue weighted by molar-refractivity contribution is 0.727. The smallest absolute Gasteiger partial charge is 0 e. The molecular weight excluding hydrogens is 194 g/mol. The zero-order chi connectivity index (χ0) is 12.6. The first-order valence-electron chi connectivity index (χ1n) is 6.59. The minimum atomic E-state index is 0. The van der Waals surface area contributed by atoms with Gasteiger partial charge in [0.05, 0.1) is 0 Å². The topological polar surface area (TPSA) is 26.0 Å². The van der Waals surface area contributed by atoms with Crippen LogP contribution in [0.3, 0.4) is 0 Å². The SMILES string of the molecule is CC.CCCCCN.CCc1ccccc1.[HH]. The van der Waals surface area contributed by atoms with Crippen LogP contribution in [0.15, 0.2) is 30.3 Å². The molecule has 0 radical (unpaired) electrons. The van der Waals surface area contributed by atoms with Gasteiger partial charge in [0.2, 0.25) is 0 Å². The van der Waals surface area contributed by atoms with Gasteiger partial charge in [0, 0.05) is 1.43 Å². The predicted molar refractivity (Wildman–Crippen MR) is 77.9 cm³/mol. The maximum absolute atomic E-state index is 5.21. The Kier molecular flexibility index (Phi) is 18.2. The number of hydrogen-bond donors (Lipinski definition) is 1. The lowest BCUT2D eigenvalue weighted by Crippen LogP contribution is -1.96. The molecule has 1 heteroatoms. The molecule has 16 heavy (non-hydrogen) atoms. The van der Waals surface area contributed by atoms with Gasteiger partial charge in [0.15, 0.2) is 0 Å². The normalized spacial score (nSPS) is 8.31. The molecule has 0 saturated heterocycles. The van der Waals surface area contributed by atoms with Gasteiger partial charge in [-0.15, -0.1) is 0 Å². The van der Waals surface area contributed by atoms with E-state index in [1.807, 2.05) is 19.9 Å². The molecule has 1 rings (SSSR count). The summed E-state index contributed by atoms with van der Waals surface area (Å²) in [5.41, 5.74) is 6.62. The Labute approximate surface area is 104 Å². The van der Waals surface area contributed by atoms with Crippen LogP contribution in [0, 0.1) is 0 Å². The molecule has 96 valence electrons. The Hall–Kier alpha value is -0.820. The van der Waals surface area contributed by atoms with Gasteiger partial charge in [-0.1, -0.05) is 70.9 Å². The quantitative estimate of drug-likeness (QED) is 0.741. The summed E-state index contributed by atoms with van der Waals surface area (Å²) in [7, 11) is 0. The third kappa shape index (κ3) is 13.2. The molecule has 0 aromatic heterocycles. The van der Waals surface area contributed by atoms with E-state index in [0.717, 1.165) is 13.0 Å². The fourth-order valence-corrected chi connectivity index (χ4v) is 1.11. The molecule has 0 fully saturated rings. The van der Waals surface area contributed by atoms with Crippen molar-refractivity contribution < 1.29 is 1.43 Å². The summed E-state index contributed by atoms with van der Waals surface area (Å²) in [4.78, 5) is 0. The first-order chi connectivity index (χ1) is 7.85. The molecule has 2 N–H and O–H groups in total. The highest BCUT2D eigenvalue weighted by Gasteiger charge is 1.80. The molecule has 0 saturated carbocycles. The molecule has 1 nitrogen and oxygen atoms in total. The Morgan fingerprint density at radius 3 is 1.81 bits per heavy atom. The molecule has 0 aliphatic carbocycles. The average molecular weight is 225 g/mol. The van der Waals surface area contributed by atoms with Crippen molar-refractivity contribution in [2.24, 2.45) is 5.73 Å². The molecular formula is C15H31N. The summed E-state index contributed by atoms with van der Waals surface area (Å²) in [6, 6.07) is 10.5. The Morgan fingerprint density at radius 1 is 1.00 bits per heavy atom. The third-order valence-electron chi connectivity index (χ3n) is 2.06. The molecule has 0 amide bonds. The van der Waals surface area contributed by atoms with Crippen molar-refractivity contribution >= 4 is 0 Å². The number of unbranched alkanes of at least 4 members (excludes halogenated alkanes) is 2. The van der Waals surface area contributed by atoms with E-state index in [-0.39, 0.29) is 1.43 Å². The van der Waals surface area contributed by atoms with E-state index in [9.17, 15) is 0 Å². The average Bonchev–Trinajstić information content (AvgIpc) is 2.40. The molecule has 1 aromatic rings.